The number of aliphatic carboxylic acids is 1. The van der Waals surface area contributed by atoms with Crippen LogP contribution in [0.15, 0.2) is 0 Å². The number of rotatable bonds is 3. The lowest BCUT2D eigenvalue weighted by Gasteiger charge is -2.21. The fourth-order valence-corrected chi connectivity index (χ4v) is 0.387. The summed E-state index contributed by atoms with van der Waals surface area (Å²) in [6.45, 7) is 2.31. The van der Waals surface area contributed by atoms with Gasteiger partial charge in [0.1, 0.15) is 0 Å². The van der Waals surface area contributed by atoms with Gasteiger partial charge < -0.3 is 19.1 Å². The minimum atomic E-state index is -0.995. The molecule has 12 heavy (non-hydrogen) atoms. The molecule has 0 saturated carbocycles. The highest BCUT2D eigenvalue weighted by molar-refractivity contribution is 5.63. The molecular weight excluding hydrogens is 158 g/mol. The number of quaternary nitrogens is 1. The van der Waals surface area contributed by atoms with Gasteiger partial charge in [-0.15, -0.1) is 0 Å². The third-order valence-electron chi connectivity index (χ3n) is 0.805. The van der Waals surface area contributed by atoms with Crippen LogP contribution in [-0.4, -0.2) is 45.4 Å². The Morgan fingerprint density at radius 2 is 1.75 bits per heavy atom. The Labute approximate surface area is 74.3 Å². The van der Waals surface area contributed by atoms with Crippen LogP contribution in [-0.2, 0) is 9.53 Å². The van der Waals surface area contributed by atoms with E-state index in [0.717, 1.165) is 11.2 Å². The number of carboxylic acids is 1. The number of ether oxygens (including phenoxy) is 1. The molecule has 0 unspecified atom stereocenters. The molecule has 0 aliphatic heterocycles. The van der Waals surface area contributed by atoms with Crippen LogP contribution < -0.4 is 5.11 Å². The maximum absolute atomic E-state index is 9.26. The summed E-state index contributed by atoms with van der Waals surface area (Å²) in [7, 11) is 7.97. The highest BCUT2D eigenvalue weighted by Crippen LogP contribution is 1.86. The number of carbonyl (C=O) groups excluding carboxylic acids is 1. The molecule has 0 N–H and O–H groups in total. The molecule has 0 aromatic heterocycles. The molecule has 4 heteroatoms. The summed E-state index contributed by atoms with van der Waals surface area (Å²) in [6, 6.07) is 0. The minimum absolute atomic E-state index is 0.111. The summed E-state index contributed by atoms with van der Waals surface area (Å²) in [5.74, 6) is -0.995. The minimum Gasteiger partial charge on any atom is -0.550 e. The molecule has 0 amide bonds. The van der Waals surface area contributed by atoms with Crippen molar-refractivity contribution in [1.29, 1.82) is 0 Å². The Morgan fingerprint density at radius 3 is 1.75 bits per heavy atom. The Morgan fingerprint density at radius 1 is 1.42 bits per heavy atom. The lowest BCUT2D eigenvalue weighted by molar-refractivity contribution is -0.890. The van der Waals surface area contributed by atoms with Crippen LogP contribution in [0.4, 0.5) is 0 Å². The molecule has 0 spiro atoms. The first kappa shape index (κ1) is 13.9. The van der Waals surface area contributed by atoms with Crippen LogP contribution in [0.25, 0.3) is 0 Å². The zero-order valence-electron chi connectivity index (χ0n) is 8.59. The smallest absolute Gasteiger partial charge is 0.182 e. The van der Waals surface area contributed by atoms with Crippen LogP contribution in [0.1, 0.15) is 13.3 Å². The first-order valence-corrected chi connectivity index (χ1v) is 3.82. The van der Waals surface area contributed by atoms with Crippen molar-refractivity contribution < 1.29 is 19.1 Å². The van der Waals surface area contributed by atoms with E-state index in [1.54, 1.807) is 7.11 Å². The Bertz CT molecular complexity index is 118. The van der Waals surface area contributed by atoms with Crippen molar-refractivity contribution in [3.63, 3.8) is 0 Å². The van der Waals surface area contributed by atoms with E-state index in [0.29, 0.717) is 0 Å². The van der Waals surface area contributed by atoms with Crippen LogP contribution in [0.2, 0.25) is 0 Å². The van der Waals surface area contributed by atoms with Gasteiger partial charge in [-0.1, -0.05) is 6.92 Å². The fraction of sp³-hybridized carbons (Fsp3) is 0.875. The molecule has 0 rings (SSSR count). The van der Waals surface area contributed by atoms with Gasteiger partial charge in [0, 0.05) is 13.1 Å². The molecule has 0 aromatic rings. The molecule has 0 atom stereocenters. The maximum Gasteiger partial charge on any atom is 0.182 e. The van der Waals surface area contributed by atoms with Gasteiger partial charge in [-0.3, -0.25) is 0 Å². The van der Waals surface area contributed by atoms with E-state index in [2.05, 4.69) is 21.1 Å². The summed E-state index contributed by atoms with van der Waals surface area (Å²) >= 11 is 0. The zero-order chi connectivity index (χ0) is 10.2. The monoisotopic (exact) mass is 177 g/mol. The molecule has 0 aromatic carbocycles. The number of methoxy groups -OCH3 is 1. The normalized spacial score (nSPS) is 10.1. The van der Waals surface area contributed by atoms with Crippen LogP contribution in [0, 0.1) is 0 Å². The maximum atomic E-state index is 9.26. The van der Waals surface area contributed by atoms with Crippen molar-refractivity contribution in [2.45, 2.75) is 13.3 Å². The molecule has 0 fully saturated rings. The Balaban J connectivity index is 0. The van der Waals surface area contributed by atoms with Gasteiger partial charge >= 0.3 is 0 Å². The van der Waals surface area contributed by atoms with Crippen LogP contribution in [0.3, 0.4) is 0 Å². The van der Waals surface area contributed by atoms with Gasteiger partial charge in [-0.2, -0.15) is 0 Å². The first-order valence-electron chi connectivity index (χ1n) is 3.82. The van der Waals surface area contributed by atoms with Crippen molar-refractivity contribution in [3.05, 3.63) is 0 Å². The standard InChI is InChI=1S/C5H14NO.C3H6O2/c1-6(2,3)5-7-4;1-2-3(4)5/h5H2,1-4H3;2H2,1H3,(H,4,5)/q+1;/p-1. The summed E-state index contributed by atoms with van der Waals surface area (Å²) in [5, 5.41) is 9.26. The van der Waals surface area contributed by atoms with Gasteiger partial charge in [0.25, 0.3) is 0 Å². The van der Waals surface area contributed by atoms with Crippen molar-refractivity contribution in [1.82, 2.24) is 0 Å². The highest BCUT2D eigenvalue weighted by atomic mass is 16.5. The molecule has 0 bridgehead atoms. The molecule has 0 radical (unpaired) electrons. The van der Waals surface area contributed by atoms with E-state index in [-0.39, 0.29) is 6.42 Å². The predicted octanol–water partition coefficient (Wildman–Crippen LogP) is -0.557. The number of nitrogens with zero attached hydrogens (tertiary/aromatic N) is 1. The Hall–Kier alpha value is -0.610. The van der Waals surface area contributed by atoms with E-state index >= 15 is 0 Å². The Kier molecular flexibility index (Phi) is 8.21. The highest BCUT2D eigenvalue weighted by Gasteiger charge is 2.02. The summed E-state index contributed by atoms with van der Waals surface area (Å²) in [4.78, 5) is 9.26. The largest absolute Gasteiger partial charge is 0.550 e. The second-order valence-electron chi connectivity index (χ2n) is 3.43. The third kappa shape index (κ3) is 22.8. The van der Waals surface area contributed by atoms with Gasteiger partial charge in [0.05, 0.1) is 21.1 Å². The van der Waals surface area contributed by atoms with Crippen LogP contribution in [0.5, 0.6) is 0 Å². The van der Waals surface area contributed by atoms with Gasteiger partial charge in [-0.25, -0.2) is 0 Å². The van der Waals surface area contributed by atoms with Gasteiger partial charge in [0.2, 0.25) is 0 Å². The van der Waals surface area contributed by atoms with E-state index in [9.17, 15) is 9.90 Å². The second-order valence-corrected chi connectivity index (χ2v) is 3.43. The molecular formula is C8H19NO3. The average Bonchev–Trinajstić information content (AvgIpc) is 1.86. The van der Waals surface area contributed by atoms with Crippen molar-refractivity contribution in [2.24, 2.45) is 0 Å². The molecule has 0 heterocycles. The zero-order valence-corrected chi connectivity index (χ0v) is 8.59. The molecule has 0 aliphatic carbocycles. The number of hydrogen-bond acceptors (Lipinski definition) is 3. The van der Waals surface area contributed by atoms with Gasteiger partial charge in [-0.05, 0) is 6.42 Å². The van der Waals surface area contributed by atoms with Crippen LogP contribution >= 0.6 is 0 Å². The van der Waals surface area contributed by atoms with E-state index in [1.807, 2.05) is 0 Å². The second kappa shape index (κ2) is 7.06. The lowest BCUT2D eigenvalue weighted by Crippen LogP contribution is -2.35. The van der Waals surface area contributed by atoms with E-state index in [4.69, 9.17) is 4.74 Å². The SMILES string of the molecule is CCC(=O)[O-].COC[N+](C)(C)C. The summed E-state index contributed by atoms with van der Waals surface area (Å²) < 4.78 is 5.75. The van der Waals surface area contributed by atoms with Crippen molar-refractivity contribution in [3.8, 4) is 0 Å². The fourth-order valence-electron chi connectivity index (χ4n) is 0.387. The summed E-state index contributed by atoms with van der Waals surface area (Å²) in [6.07, 6.45) is 0.111. The molecule has 0 aliphatic rings. The third-order valence-corrected chi connectivity index (χ3v) is 0.805. The summed E-state index contributed by atoms with van der Waals surface area (Å²) in [5.41, 5.74) is 0. The average molecular weight is 177 g/mol. The van der Waals surface area contributed by atoms with Gasteiger partial charge in [0.15, 0.2) is 6.73 Å². The number of carboxylic acid groups (broad SMARTS) is 1. The predicted molar refractivity (Wildman–Crippen MR) is 45.2 cm³/mol. The quantitative estimate of drug-likeness (QED) is 0.429. The molecule has 4 nitrogen and oxygen atoms in total. The first-order chi connectivity index (χ1) is 5.33. The number of hydrogen-bond donors (Lipinski definition) is 0. The molecule has 74 valence electrons. The molecule has 0 saturated heterocycles. The number of carbonyl (C=O) groups is 1. The van der Waals surface area contributed by atoms with E-state index < -0.39 is 5.97 Å². The van der Waals surface area contributed by atoms with Crippen molar-refractivity contribution >= 4 is 5.97 Å². The lowest BCUT2D eigenvalue weighted by atomic mass is 10.5. The van der Waals surface area contributed by atoms with Crippen molar-refractivity contribution in [2.75, 3.05) is 35.0 Å². The topological polar surface area (TPSA) is 49.4 Å². The van der Waals surface area contributed by atoms with E-state index in [1.165, 1.54) is 6.92 Å².